The van der Waals surface area contributed by atoms with Crippen molar-refractivity contribution in [2.75, 3.05) is 0 Å². The summed E-state index contributed by atoms with van der Waals surface area (Å²) in [5.41, 5.74) is 4.92. The number of hydrogen-bond acceptors (Lipinski definition) is 3. The van der Waals surface area contributed by atoms with Gasteiger partial charge in [-0.15, -0.1) is 0 Å². The van der Waals surface area contributed by atoms with Crippen LogP contribution < -0.4 is 11.1 Å². The van der Waals surface area contributed by atoms with E-state index in [2.05, 4.69) is 24.2 Å². The molecule has 0 saturated heterocycles. The minimum absolute atomic E-state index is 0.0336. The Morgan fingerprint density at radius 3 is 2.23 bits per heavy atom. The second-order valence-electron chi connectivity index (χ2n) is 3.48. The Bertz CT molecular complexity index is 229. The molecular weight excluding hydrogens is 166 g/mol. The molecule has 0 aromatic carbocycles. The van der Waals surface area contributed by atoms with E-state index in [-0.39, 0.29) is 11.9 Å². The monoisotopic (exact) mass is 183 g/mol. The van der Waals surface area contributed by atoms with Crippen LogP contribution in [0.25, 0.3) is 0 Å². The number of rotatable bonds is 4. The Labute approximate surface area is 78.6 Å². The van der Waals surface area contributed by atoms with Gasteiger partial charge in [0.2, 0.25) is 0 Å². The van der Waals surface area contributed by atoms with Crippen LogP contribution >= 0.6 is 0 Å². The molecule has 0 radical (unpaired) electrons. The second kappa shape index (κ2) is 3.77. The molecule has 1 rings (SSSR count). The van der Waals surface area contributed by atoms with Gasteiger partial charge in [0, 0.05) is 0 Å². The topological polar surface area (TPSA) is 67.5 Å². The zero-order valence-corrected chi connectivity index (χ0v) is 8.26. The number of hydrogen-bond donors (Lipinski definition) is 2. The van der Waals surface area contributed by atoms with Gasteiger partial charge in [-0.05, 0) is 12.8 Å². The van der Waals surface area contributed by atoms with Gasteiger partial charge in [-0.2, -0.15) is 0 Å². The van der Waals surface area contributed by atoms with E-state index in [1.54, 1.807) is 0 Å². The third-order valence-corrected chi connectivity index (χ3v) is 2.33. The second-order valence-corrected chi connectivity index (χ2v) is 3.48. The van der Waals surface area contributed by atoms with Crippen LogP contribution in [0.15, 0.2) is 4.99 Å². The van der Waals surface area contributed by atoms with Crippen LogP contribution in [0.4, 0.5) is 0 Å². The van der Waals surface area contributed by atoms with Crippen LogP contribution in [0, 0.1) is 0 Å². The summed E-state index contributed by atoms with van der Waals surface area (Å²) in [6, 6.07) is 0. The standard InChI is InChI=1S/C9H17N3O/c1-3-5-9(6-4-2)7(13)11-8(10)12-9/h3-6H2,1-2H3,(H3,10,11,12,13). The molecular formula is C9H17N3O. The highest BCUT2D eigenvalue weighted by Crippen LogP contribution is 2.27. The van der Waals surface area contributed by atoms with E-state index in [0.29, 0.717) is 0 Å². The fourth-order valence-corrected chi connectivity index (χ4v) is 1.83. The van der Waals surface area contributed by atoms with Crippen molar-refractivity contribution in [2.24, 2.45) is 10.7 Å². The van der Waals surface area contributed by atoms with Crippen LogP contribution in [0.5, 0.6) is 0 Å². The van der Waals surface area contributed by atoms with Gasteiger partial charge in [-0.1, -0.05) is 26.7 Å². The maximum absolute atomic E-state index is 11.6. The molecule has 4 nitrogen and oxygen atoms in total. The first kappa shape index (κ1) is 10.0. The van der Waals surface area contributed by atoms with E-state index >= 15 is 0 Å². The lowest BCUT2D eigenvalue weighted by Gasteiger charge is -2.21. The fourth-order valence-electron chi connectivity index (χ4n) is 1.83. The van der Waals surface area contributed by atoms with Crippen molar-refractivity contribution in [3.05, 3.63) is 0 Å². The highest BCUT2D eigenvalue weighted by molar-refractivity contribution is 6.06. The predicted molar refractivity (Wildman–Crippen MR) is 52.3 cm³/mol. The Morgan fingerprint density at radius 2 is 1.92 bits per heavy atom. The lowest BCUT2D eigenvalue weighted by atomic mass is 9.89. The zero-order chi connectivity index (χ0) is 9.90. The quantitative estimate of drug-likeness (QED) is 0.676. The molecule has 0 aromatic rings. The Hall–Kier alpha value is -1.06. The van der Waals surface area contributed by atoms with Gasteiger partial charge in [0.1, 0.15) is 5.54 Å². The molecule has 0 aliphatic carbocycles. The highest BCUT2D eigenvalue weighted by Gasteiger charge is 2.41. The molecule has 0 saturated carbocycles. The molecule has 0 spiro atoms. The first-order valence-corrected chi connectivity index (χ1v) is 4.81. The largest absolute Gasteiger partial charge is 0.370 e. The number of carbonyl (C=O) groups excluding carboxylic acids is 1. The number of nitrogens with zero attached hydrogens (tertiary/aromatic N) is 1. The smallest absolute Gasteiger partial charge is 0.254 e. The van der Waals surface area contributed by atoms with Crippen molar-refractivity contribution in [2.45, 2.75) is 45.1 Å². The number of nitrogens with one attached hydrogen (secondary N) is 1. The summed E-state index contributed by atoms with van der Waals surface area (Å²) in [5, 5.41) is 2.57. The number of nitrogens with two attached hydrogens (primary N) is 1. The van der Waals surface area contributed by atoms with Crippen molar-refractivity contribution in [1.29, 1.82) is 0 Å². The Balaban J connectivity index is 2.82. The summed E-state index contributed by atoms with van der Waals surface area (Å²) in [5.74, 6) is 0.237. The number of guanidine groups is 1. The molecule has 74 valence electrons. The maximum Gasteiger partial charge on any atom is 0.254 e. The minimum atomic E-state index is -0.562. The predicted octanol–water partition coefficient (Wildman–Crippen LogP) is 0.770. The van der Waals surface area contributed by atoms with Crippen molar-refractivity contribution < 1.29 is 4.79 Å². The van der Waals surface area contributed by atoms with Crippen molar-refractivity contribution >= 4 is 11.9 Å². The number of amides is 1. The van der Waals surface area contributed by atoms with E-state index in [1.165, 1.54) is 0 Å². The third-order valence-electron chi connectivity index (χ3n) is 2.33. The average molecular weight is 183 g/mol. The van der Waals surface area contributed by atoms with Gasteiger partial charge in [-0.25, -0.2) is 4.99 Å². The SMILES string of the molecule is CCCC1(CCC)N=C(N)NC1=O. The van der Waals surface area contributed by atoms with Crippen LogP contribution in [0.1, 0.15) is 39.5 Å². The fraction of sp³-hybridized carbons (Fsp3) is 0.778. The lowest BCUT2D eigenvalue weighted by Crippen LogP contribution is -2.40. The molecule has 4 heteroatoms. The molecule has 1 aliphatic heterocycles. The average Bonchev–Trinajstić information content (AvgIpc) is 2.28. The molecule has 1 aliphatic rings. The normalized spacial score (nSPS) is 19.8. The minimum Gasteiger partial charge on any atom is -0.370 e. The number of carbonyl (C=O) groups is 1. The van der Waals surface area contributed by atoms with Crippen LogP contribution in [0.3, 0.4) is 0 Å². The van der Waals surface area contributed by atoms with Gasteiger partial charge in [-0.3, -0.25) is 10.1 Å². The lowest BCUT2D eigenvalue weighted by molar-refractivity contribution is -0.124. The van der Waals surface area contributed by atoms with Crippen molar-refractivity contribution in [3.8, 4) is 0 Å². The molecule has 0 aromatic heterocycles. The first-order valence-electron chi connectivity index (χ1n) is 4.81. The zero-order valence-electron chi connectivity index (χ0n) is 8.26. The van der Waals surface area contributed by atoms with Gasteiger partial charge < -0.3 is 5.73 Å². The van der Waals surface area contributed by atoms with E-state index in [9.17, 15) is 4.79 Å². The molecule has 1 amide bonds. The van der Waals surface area contributed by atoms with Gasteiger partial charge in [0.25, 0.3) is 5.91 Å². The Morgan fingerprint density at radius 1 is 1.38 bits per heavy atom. The molecule has 0 bridgehead atoms. The highest BCUT2D eigenvalue weighted by atomic mass is 16.2. The van der Waals surface area contributed by atoms with E-state index < -0.39 is 5.54 Å². The summed E-state index contributed by atoms with van der Waals surface area (Å²) >= 11 is 0. The summed E-state index contributed by atoms with van der Waals surface area (Å²) in [6.45, 7) is 4.10. The number of aliphatic imine (C=N–C) groups is 1. The molecule has 0 fully saturated rings. The van der Waals surface area contributed by atoms with Crippen molar-refractivity contribution in [3.63, 3.8) is 0 Å². The summed E-state index contributed by atoms with van der Waals surface area (Å²) < 4.78 is 0. The third kappa shape index (κ3) is 1.82. The van der Waals surface area contributed by atoms with Crippen LogP contribution in [-0.4, -0.2) is 17.4 Å². The maximum atomic E-state index is 11.6. The molecule has 0 atom stereocenters. The summed E-state index contributed by atoms with van der Waals surface area (Å²) in [6.07, 6.45) is 3.47. The molecule has 1 heterocycles. The van der Waals surface area contributed by atoms with Gasteiger partial charge >= 0.3 is 0 Å². The molecule has 3 N–H and O–H groups in total. The molecule has 0 unspecified atom stereocenters. The van der Waals surface area contributed by atoms with Gasteiger partial charge in [0.05, 0.1) is 0 Å². The first-order chi connectivity index (χ1) is 6.14. The van der Waals surface area contributed by atoms with E-state index in [1.807, 2.05) is 0 Å². The summed E-state index contributed by atoms with van der Waals surface area (Å²) in [4.78, 5) is 15.8. The molecule has 13 heavy (non-hydrogen) atoms. The van der Waals surface area contributed by atoms with Gasteiger partial charge in [0.15, 0.2) is 5.96 Å². The van der Waals surface area contributed by atoms with E-state index in [4.69, 9.17) is 5.73 Å². The summed E-state index contributed by atoms with van der Waals surface area (Å²) in [7, 11) is 0. The van der Waals surface area contributed by atoms with Crippen LogP contribution in [0.2, 0.25) is 0 Å². The van der Waals surface area contributed by atoms with E-state index in [0.717, 1.165) is 25.7 Å². The Kier molecular flexibility index (Phi) is 2.90. The van der Waals surface area contributed by atoms with Crippen LogP contribution in [-0.2, 0) is 4.79 Å². The van der Waals surface area contributed by atoms with Crippen molar-refractivity contribution in [1.82, 2.24) is 5.32 Å².